The van der Waals surface area contributed by atoms with Crippen LogP contribution in [-0.2, 0) is 0 Å². The normalized spacial score (nSPS) is 11.2. The van der Waals surface area contributed by atoms with Crippen LogP contribution in [0.5, 0.6) is 0 Å². The zero-order valence-electron chi connectivity index (χ0n) is 9.97. The highest BCUT2D eigenvalue weighted by atomic mass is 35.5. The van der Waals surface area contributed by atoms with Crippen molar-refractivity contribution < 1.29 is 8.78 Å². The number of hydrogen-bond acceptors (Lipinski definition) is 1. The molecule has 0 aliphatic heterocycles. The number of halogens is 3. The predicted octanol–water partition coefficient (Wildman–Crippen LogP) is 4.47. The lowest BCUT2D eigenvalue weighted by Crippen LogP contribution is -1.84. The van der Waals surface area contributed by atoms with Crippen molar-refractivity contribution >= 4 is 22.6 Å². The molecule has 0 unspecified atom stereocenters. The molecule has 96 valence electrons. The van der Waals surface area contributed by atoms with Gasteiger partial charge < -0.3 is 4.98 Å². The minimum atomic E-state index is -0.946. The Hall–Kier alpha value is -1.94. The molecule has 0 spiro atoms. The van der Waals surface area contributed by atoms with E-state index in [1.165, 1.54) is 6.07 Å². The second-order valence-corrected chi connectivity index (χ2v) is 4.71. The van der Waals surface area contributed by atoms with Crippen LogP contribution in [0.15, 0.2) is 30.3 Å². The SMILES string of the molecule is Cc1ccc(-c2nc3c(F)c(F)ccc3[nH]2)cc1Cl. The lowest BCUT2D eigenvalue weighted by atomic mass is 10.1. The molecule has 5 heteroatoms. The van der Waals surface area contributed by atoms with Crippen molar-refractivity contribution in [3.05, 3.63) is 52.6 Å². The summed E-state index contributed by atoms with van der Waals surface area (Å²) in [6.45, 7) is 1.89. The van der Waals surface area contributed by atoms with Gasteiger partial charge in [-0.3, -0.25) is 0 Å². The number of rotatable bonds is 1. The first-order valence-electron chi connectivity index (χ1n) is 5.66. The molecule has 0 atom stereocenters. The van der Waals surface area contributed by atoms with E-state index in [0.717, 1.165) is 17.2 Å². The maximum absolute atomic E-state index is 13.6. The molecule has 2 aromatic carbocycles. The fourth-order valence-electron chi connectivity index (χ4n) is 1.89. The first-order chi connectivity index (χ1) is 9.06. The molecule has 3 aromatic rings. The molecular weight excluding hydrogens is 270 g/mol. The van der Waals surface area contributed by atoms with Crippen molar-refractivity contribution in [2.45, 2.75) is 6.92 Å². The van der Waals surface area contributed by atoms with Crippen molar-refractivity contribution in [1.82, 2.24) is 9.97 Å². The molecule has 3 rings (SSSR count). The molecular formula is C14H9ClF2N2. The average Bonchev–Trinajstić information content (AvgIpc) is 2.82. The van der Waals surface area contributed by atoms with Crippen LogP contribution in [0.2, 0.25) is 5.02 Å². The van der Waals surface area contributed by atoms with Gasteiger partial charge in [-0.25, -0.2) is 13.8 Å². The quantitative estimate of drug-likeness (QED) is 0.699. The van der Waals surface area contributed by atoms with Gasteiger partial charge in [0.1, 0.15) is 11.3 Å². The number of hydrogen-bond donors (Lipinski definition) is 1. The molecule has 2 nitrogen and oxygen atoms in total. The largest absolute Gasteiger partial charge is 0.338 e. The van der Waals surface area contributed by atoms with Gasteiger partial charge in [0.15, 0.2) is 11.6 Å². The van der Waals surface area contributed by atoms with Gasteiger partial charge in [-0.1, -0.05) is 23.7 Å². The topological polar surface area (TPSA) is 28.7 Å². The van der Waals surface area contributed by atoms with Crippen molar-refractivity contribution in [3.8, 4) is 11.4 Å². The summed E-state index contributed by atoms with van der Waals surface area (Å²) < 4.78 is 26.7. The summed E-state index contributed by atoms with van der Waals surface area (Å²) in [5.74, 6) is -1.40. The molecule has 0 radical (unpaired) electrons. The Balaban J connectivity index is 2.20. The molecule has 1 heterocycles. The van der Waals surface area contributed by atoms with E-state index in [1.54, 1.807) is 6.07 Å². The van der Waals surface area contributed by atoms with E-state index in [2.05, 4.69) is 9.97 Å². The summed E-state index contributed by atoms with van der Waals surface area (Å²) in [7, 11) is 0. The molecule has 0 fully saturated rings. The fraction of sp³-hybridized carbons (Fsp3) is 0.0714. The number of nitrogens with one attached hydrogen (secondary N) is 1. The number of imidazole rings is 1. The summed E-state index contributed by atoms with van der Waals surface area (Å²) in [5.41, 5.74) is 2.11. The molecule has 0 saturated carbocycles. The van der Waals surface area contributed by atoms with Gasteiger partial charge in [0.05, 0.1) is 5.52 Å². The van der Waals surface area contributed by atoms with Gasteiger partial charge in [0, 0.05) is 10.6 Å². The van der Waals surface area contributed by atoms with E-state index < -0.39 is 11.6 Å². The predicted molar refractivity (Wildman–Crippen MR) is 71.2 cm³/mol. The van der Waals surface area contributed by atoms with Gasteiger partial charge in [-0.15, -0.1) is 0 Å². The summed E-state index contributed by atoms with van der Waals surface area (Å²) in [5, 5.41) is 0.601. The third-order valence-electron chi connectivity index (χ3n) is 2.99. The smallest absolute Gasteiger partial charge is 0.186 e. The summed E-state index contributed by atoms with van der Waals surface area (Å²) in [6, 6.07) is 7.94. The van der Waals surface area contributed by atoms with Crippen LogP contribution >= 0.6 is 11.6 Å². The molecule has 1 N–H and O–H groups in total. The third-order valence-corrected chi connectivity index (χ3v) is 3.40. The van der Waals surface area contributed by atoms with Gasteiger partial charge in [0.25, 0.3) is 0 Å². The zero-order valence-corrected chi connectivity index (χ0v) is 10.7. The van der Waals surface area contributed by atoms with Crippen molar-refractivity contribution in [3.63, 3.8) is 0 Å². The number of H-pyrrole nitrogens is 1. The minimum Gasteiger partial charge on any atom is -0.338 e. The summed E-state index contributed by atoms with van der Waals surface area (Å²) in [6.07, 6.45) is 0. The monoisotopic (exact) mass is 278 g/mol. The highest BCUT2D eigenvalue weighted by Crippen LogP contribution is 2.26. The van der Waals surface area contributed by atoms with Crippen LogP contribution in [0, 0.1) is 18.6 Å². The highest BCUT2D eigenvalue weighted by molar-refractivity contribution is 6.31. The second-order valence-electron chi connectivity index (χ2n) is 4.31. The van der Waals surface area contributed by atoms with Crippen LogP contribution in [0.1, 0.15) is 5.56 Å². The van der Waals surface area contributed by atoms with E-state index in [4.69, 9.17) is 11.6 Å². The first-order valence-corrected chi connectivity index (χ1v) is 6.04. The van der Waals surface area contributed by atoms with E-state index >= 15 is 0 Å². The minimum absolute atomic E-state index is 0.00769. The van der Waals surface area contributed by atoms with E-state index in [1.807, 2.05) is 19.1 Å². The van der Waals surface area contributed by atoms with Crippen LogP contribution < -0.4 is 0 Å². The van der Waals surface area contributed by atoms with Crippen LogP contribution in [0.4, 0.5) is 8.78 Å². The number of aryl methyl sites for hydroxylation is 1. The lowest BCUT2D eigenvalue weighted by Gasteiger charge is -2.00. The molecule has 0 aliphatic carbocycles. The molecule has 19 heavy (non-hydrogen) atoms. The van der Waals surface area contributed by atoms with Crippen LogP contribution in [0.3, 0.4) is 0 Å². The number of fused-ring (bicyclic) bond motifs is 1. The number of nitrogens with zero attached hydrogens (tertiary/aromatic N) is 1. The second kappa shape index (κ2) is 4.31. The number of aromatic nitrogens is 2. The Morgan fingerprint density at radius 1 is 1.16 bits per heavy atom. The van der Waals surface area contributed by atoms with Crippen molar-refractivity contribution in [2.24, 2.45) is 0 Å². The van der Waals surface area contributed by atoms with E-state index in [0.29, 0.717) is 16.4 Å². The average molecular weight is 279 g/mol. The van der Waals surface area contributed by atoms with Gasteiger partial charge in [0.2, 0.25) is 0 Å². The van der Waals surface area contributed by atoms with Gasteiger partial charge in [-0.05, 0) is 30.7 Å². The van der Waals surface area contributed by atoms with E-state index in [9.17, 15) is 8.78 Å². The zero-order chi connectivity index (χ0) is 13.6. The fourth-order valence-corrected chi connectivity index (χ4v) is 2.07. The molecule has 0 bridgehead atoms. The molecule has 0 amide bonds. The van der Waals surface area contributed by atoms with Crippen molar-refractivity contribution in [1.29, 1.82) is 0 Å². The van der Waals surface area contributed by atoms with Crippen molar-refractivity contribution in [2.75, 3.05) is 0 Å². The Labute approximate surface area is 113 Å². The Kier molecular flexibility index (Phi) is 2.75. The van der Waals surface area contributed by atoms with Gasteiger partial charge in [-0.2, -0.15) is 0 Å². The standard InChI is InChI=1S/C14H9ClF2N2/c1-7-2-3-8(6-9(7)15)14-18-11-5-4-10(16)12(17)13(11)19-14/h2-6H,1H3,(H,18,19). The first kappa shape index (κ1) is 12.1. The highest BCUT2D eigenvalue weighted by Gasteiger charge is 2.13. The van der Waals surface area contributed by atoms with Gasteiger partial charge >= 0.3 is 0 Å². The Bertz CT molecular complexity index is 780. The number of benzene rings is 2. The number of aromatic amines is 1. The third kappa shape index (κ3) is 1.98. The maximum Gasteiger partial charge on any atom is 0.186 e. The molecule has 0 aliphatic rings. The molecule has 1 aromatic heterocycles. The van der Waals surface area contributed by atoms with E-state index in [-0.39, 0.29) is 5.52 Å². The molecule has 0 saturated heterocycles. The maximum atomic E-state index is 13.6. The summed E-state index contributed by atoms with van der Waals surface area (Å²) in [4.78, 5) is 7.04. The Morgan fingerprint density at radius 3 is 2.68 bits per heavy atom. The lowest BCUT2D eigenvalue weighted by molar-refractivity contribution is 0.515. The van der Waals surface area contributed by atoms with Crippen LogP contribution in [0.25, 0.3) is 22.4 Å². The Morgan fingerprint density at radius 2 is 1.95 bits per heavy atom. The van der Waals surface area contributed by atoms with Crippen LogP contribution in [-0.4, -0.2) is 9.97 Å². The summed E-state index contributed by atoms with van der Waals surface area (Å²) >= 11 is 6.04.